The molecule has 0 spiro atoms. The molecule has 156 valence electrons. The van der Waals surface area contributed by atoms with Gasteiger partial charge in [-0.15, -0.1) is 0 Å². The summed E-state index contributed by atoms with van der Waals surface area (Å²) in [6.45, 7) is 0.368. The summed E-state index contributed by atoms with van der Waals surface area (Å²) in [5, 5.41) is 5.48. The highest BCUT2D eigenvalue weighted by atomic mass is 32.2. The number of benzene rings is 3. The Labute approximate surface area is 176 Å². The van der Waals surface area contributed by atoms with Crippen molar-refractivity contribution in [3.05, 3.63) is 90.0 Å². The molecule has 8 heteroatoms. The monoisotopic (exact) mass is 425 g/mol. The smallest absolute Gasteiger partial charge is 0.319 e. The Balaban J connectivity index is 1.50. The maximum absolute atomic E-state index is 12.3. The molecule has 7 nitrogen and oxygen atoms in total. The van der Waals surface area contributed by atoms with E-state index < -0.39 is 10.0 Å². The zero-order chi connectivity index (χ0) is 21.4. The molecule has 0 aliphatic carbocycles. The molecule has 0 aliphatic heterocycles. The van der Waals surface area contributed by atoms with Gasteiger partial charge in [0.15, 0.2) is 0 Å². The lowest BCUT2D eigenvalue weighted by atomic mass is 10.2. The van der Waals surface area contributed by atoms with Crippen LogP contribution in [0.25, 0.3) is 0 Å². The maximum atomic E-state index is 12.3. The van der Waals surface area contributed by atoms with Gasteiger partial charge in [0.05, 0.1) is 12.9 Å². The van der Waals surface area contributed by atoms with E-state index in [0.717, 1.165) is 11.3 Å². The number of ether oxygens (including phenoxy) is 1. The number of urea groups is 1. The van der Waals surface area contributed by atoms with Gasteiger partial charge in [0, 0.05) is 17.9 Å². The number of hydrogen-bond donors (Lipinski definition) is 3. The molecule has 0 heterocycles. The molecule has 0 saturated heterocycles. The zero-order valence-electron chi connectivity index (χ0n) is 16.5. The summed E-state index contributed by atoms with van der Waals surface area (Å²) in [5.74, 6) is 0.643. The molecule has 2 amide bonds. The molecule has 3 rings (SSSR count). The molecule has 0 unspecified atom stereocenters. The van der Waals surface area contributed by atoms with Crippen LogP contribution in [0.1, 0.15) is 11.1 Å². The summed E-state index contributed by atoms with van der Waals surface area (Å²) in [5.41, 5.74) is 2.62. The van der Waals surface area contributed by atoms with Crippen molar-refractivity contribution in [3.8, 4) is 5.75 Å². The summed E-state index contributed by atoms with van der Waals surface area (Å²) < 4.78 is 32.2. The third-order valence-corrected chi connectivity index (χ3v) is 5.49. The van der Waals surface area contributed by atoms with E-state index in [1.54, 1.807) is 55.6 Å². The van der Waals surface area contributed by atoms with Crippen LogP contribution in [0.5, 0.6) is 5.75 Å². The predicted octanol–water partition coefficient (Wildman–Crippen LogP) is 3.96. The van der Waals surface area contributed by atoms with Crippen molar-refractivity contribution < 1.29 is 17.9 Å². The first-order chi connectivity index (χ1) is 14.4. The third kappa shape index (κ3) is 6.52. The fourth-order valence-corrected chi connectivity index (χ4v) is 3.93. The minimum absolute atomic E-state index is 0.110. The van der Waals surface area contributed by atoms with Crippen LogP contribution in [0.3, 0.4) is 0 Å². The standard InChI is InChI=1S/C22H23N3O4S/c1-29-21-13-7-17(8-14-21)15-23-22(26)24-19-9-11-20(12-10-19)25-30(27,28)16-18-5-3-2-4-6-18/h2-14,25H,15-16H2,1H3,(H2,23,24,26). The van der Waals surface area contributed by atoms with Crippen molar-refractivity contribution in [2.24, 2.45) is 0 Å². The number of methoxy groups -OCH3 is 1. The normalized spacial score (nSPS) is 10.8. The average Bonchev–Trinajstić information content (AvgIpc) is 2.74. The lowest BCUT2D eigenvalue weighted by Gasteiger charge is -2.10. The van der Waals surface area contributed by atoms with Crippen LogP contribution in [0.4, 0.5) is 16.2 Å². The minimum atomic E-state index is -3.53. The molecule has 3 aromatic rings. The first-order valence-electron chi connectivity index (χ1n) is 9.26. The summed E-state index contributed by atoms with van der Waals surface area (Å²) in [6.07, 6.45) is 0. The van der Waals surface area contributed by atoms with Gasteiger partial charge in [-0.2, -0.15) is 0 Å². The van der Waals surface area contributed by atoms with Gasteiger partial charge in [-0.05, 0) is 47.5 Å². The quantitative estimate of drug-likeness (QED) is 0.509. The van der Waals surface area contributed by atoms with Gasteiger partial charge in [0.25, 0.3) is 0 Å². The third-order valence-electron chi connectivity index (χ3n) is 4.23. The van der Waals surface area contributed by atoms with Gasteiger partial charge in [-0.25, -0.2) is 13.2 Å². The predicted molar refractivity (Wildman–Crippen MR) is 118 cm³/mol. The second-order valence-electron chi connectivity index (χ2n) is 6.58. The Kier molecular flexibility index (Phi) is 6.92. The molecule has 0 aliphatic rings. The van der Waals surface area contributed by atoms with Crippen LogP contribution < -0.4 is 20.1 Å². The summed E-state index contributed by atoms with van der Waals surface area (Å²) >= 11 is 0. The first-order valence-corrected chi connectivity index (χ1v) is 10.9. The van der Waals surface area contributed by atoms with E-state index in [0.29, 0.717) is 23.5 Å². The van der Waals surface area contributed by atoms with Crippen molar-refractivity contribution >= 4 is 27.4 Å². The van der Waals surface area contributed by atoms with Gasteiger partial charge in [0.1, 0.15) is 5.75 Å². The summed E-state index contributed by atoms with van der Waals surface area (Å²) in [7, 11) is -1.93. The second kappa shape index (κ2) is 9.80. The lowest BCUT2D eigenvalue weighted by molar-refractivity contribution is 0.251. The number of rotatable bonds is 8. The fourth-order valence-electron chi connectivity index (χ4n) is 2.73. The van der Waals surface area contributed by atoms with Crippen molar-refractivity contribution in [1.29, 1.82) is 0 Å². The largest absolute Gasteiger partial charge is 0.497 e. The number of carbonyl (C=O) groups is 1. The molecule has 3 aromatic carbocycles. The van der Waals surface area contributed by atoms with Crippen LogP contribution in [0.2, 0.25) is 0 Å². The van der Waals surface area contributed by atoms with Crippen molar-refractivity contribution in [2.45, 2.75) is 12.3 Å². The number of amides is 2. The Bertz CT molecular complexity index is 1070. The molecule has 0 aromatic heterocycles. The topological polar surface area (TPSA) is 96.5 Å². The highest BCUT2D eigenvalue weighted by molar-refractivity contribution is 7.91. The van der Waals surface area contributed by atoms with E-state index in [2.05, 4.69) is 15.4 Å². The number of nitrogens with one attached hydrogen (secondary N) is 3. The van der Waals surface area contributed by atoms with E-state index in [-0.39, 0.29) is 11.8 Å². The van der Waals surface area contributed by atoms with Crippen LogP contribution in [0.15, 0.2) is 78.9 Å². The van der Waals surface area contributed by atoms with Gasteiger partial charge < -0.3 is 15.4 Å². The van der Waals surface area contributed by atoms with Gasteiger partial charge >= 0.3 is 6.03 Å². The summed E-state index contributed by atoms with van der Waals surface area (Å²) in [6, 6.07) is 22.4. The lowest BCUT2D eigenvalue weighted by Crippen LogP contribution is -2.28. The summed E-state index contributed by atoms with van der Waals surface area (Å²) in [4.78, 5) is 12.1. The average molecular weight is 426 g/mol. The molecule has 3 N–H and O–H groups in total. The van der Waals surface area contributed by atoms with E-state index in [1.807, 2.05) is 30.3 Å². The number of sulfonamides is 1. The number of hydrogen-bond acceptors (Lipinski definition) is 4. The van der Waals surface area contributed by atoms with Crippen molar-refractivity contribution in [1.82, 2.24) is 5.32 Å². The maximum Gasteiger partial charge on any atom is 0.319 e. The fraction of sp³-hybridized carbons (Fsp3) is 0.136. The van der Waals surface area contributed by atoms with Crippen LogP contribution in [-0.4, -0.2) is 21.6 Å². The highest BCUT2D eigenvalue weighted by Crippen LogP contribution is 2.17. The number of carbonyl (C=O) groups excluding carboxylic acids is 1. The van der Waals surface area contributed by atoms with Gasteiger partial charge in [0.2, 0.25) is 10.0 Å². The Morgan fingerprint density at radius 2 is 1.47 bits per heavy atom. The highest BCUT2D eigenvalue weighted by Gasteiger charge is 2.11. The SMILES string of the molecule is COc1ccc(CNC(=O)Nc2ccc(NS(=O)(=O)Cc3ccccc3)cc2)cc1. The Morgan fingerprint density at radius 3 is 2.10 bits per heavy atom. The van der Waals surface area contributed by atoms with E-state index in [9.17, 15) is 13.2 Å². The van der Waals surface area contributed by atoms with Crippen molar-refractivity contribution in [3.63, 3.8) is 0 Å². The van der Waals surface area contributed by atoms with Crippen molar-refractivity contribution in [2.75, 3.05) is 17.1 Å². The Hall–Kier alpha value is -3.52. The van der Waals surface area contributed by atoms with E-state index in [4.69, 9.17) is 4.74 Å². The number of anilines is 2. The first kappa shape index (κ1) is 21.2. The minimum Gasteiger partial charge on any atom is -0.497 e. The zero-order valence-corrected chi connectivity index (χ0v) is 17.3. The molecule has 0 fully saturated rings. The van der Waals surface area contributed by atoms with Gasteiger partial charge in [-0.1, -0.05) is 42.5 Å². The van der Waals surface area contributed by atoms with E-state index in [1.165, 1.54) is 0 Å². The van der Waals surface area contributed by atoms with E-state index >= 15 is 0 Å². The van der Waals surface area contributed by atoms with Gasteiger partial charge in [-0.3, -0.25) is 4.72 Å². The molecule has 0 saturated carbocycles. The van der Waals surface area contributed by atoms with Crippen LogP contribution >= 0.6 is 0 Å². The van der Waals surface area contributed by atoms with Crippen LogP contribution in [0, 0.1) is 0 Å². The Morgan fingerprint density at radius 1 is 0.833 bits per heavy atom. The second-order valence-corrected chi connectivity index (χ2v) is 8.30. The molecule has 0 atom stereocenters. The molecular weight excluding hydrogens is 402 g/mol. The molecular formula is C22H23N3O4S. The van der Waals surface area contributed by atoms with Crippen LogP contribution in [-0.2, 0) is 22.3 Å². The molecule has 0 bridgehead atoms. The molecule has 30 heavy (non-hydrogen) atoms. The molecule has 0 radical (unpaired) electrons.